The number of nitrogens with one attached hydrogen (secondary N) is 2. The smallest absolute Gasteiger partial charge is 0.245 e. The Morgan fingerprint density at radius 2 is 1.89 bits per heavy atom. The predicted molar refractivity (Wildman–Crippen MR) is 110 cm³/mol. The lowest BCUT2D eigenvalue weighted by atomic mass is 9.80. The highest BCUT2D eigenvalue weighted by molar-refractivity contribution is 7.88. The summed E-state index contributed by atoms with van der Waals surface area (Å²) in [7, 11) is -3.25. The lowest BCUT2D eigenvalue weighted by molar-refractivity contribution is -0.127. The molecule has 28 heavy (non-hydrogen) atoms. The van der Waals surface area contributed by atoms with Gasteiger partial charge in [0.25, 0.3) is 0 Å². The van der Waals surface area contributed by atoms with E-state index < -0.39 is 15.6 Å². The van der Waals surface area contributed by atoms with Crippen molar-refractivity contribution in [3.05, 3.63) is 29.8 Å². The summed E-state index contributed by atoms with van der Waals surface area (Å²) < 4.78 is 30.6. The van der Waals surface area contributed by atoms with Gasteiger partial charge < -0.3 is 15.4 Å². The van der Waals surface area contributed by atoms with Gasteiger partial charge in [-0.15, -0.1) is 0 Å². The Morgan fingerprint density at radius 3 is 2.54 bits per heavy atom. The van der Waals surface area contributed by atoms with Gasteiger partial charge in [-0.2, -0.15) is 4.31 Å². The SMILES string of the molecule is Cc1ccc(NC2(C(=O)NCC3CN(S(C)(=O)=O)CCO3)CCCCC2)cc1. The predicted octanol–water partition coefficient (Wildman–Crippen LogP) is 1.89. The van der Waals surface area contributed by atoms with Gasteiger partial charge in [-0.25, -0.2) is 8.42 Å². The number of aryl methyl sites for hydroxylation is 1. The molecule has 1 saturated heterocycles. The van der Waals surface area contributed by atoms with Crippen molar-refractivity contribution >= 4 is 21.6 Å². The van der Waals surface area contributed by atoms with E-state index in [1.807, 2.05) is 31.2 Å². The van der Waals surface area contributed by atoms with Crippen molar-refractivity contribution in [1.29, 1.82) is 0 Å². The first-order valence-electron chi connectivity index (χ1n) is 9.98. The number of hydrogen-bond donors (Lipinski definition) is 2. The zero-order chi connectivity index (χ0) is 20.2. The van der Waals surface area contributed by atoms with Crippen LogP contribution in [0.5, 0.6) is 0 Å². The second kappa shape index (κ2) is 8.80. The van der Waals surface area contributed by atoms with E-state index in [9.17, 15) is 13.2 Å². The number of nitrogens with zero attached hydrogens (tertiary/aromatic N) is 1. The molecule has 3 rings (SSSR count). The largest absolute Gasteiger partial charge is 0.374 e. The summed E-state index contributed by atoms with van der Waals surface area (Å²) in [5, 5.41) is 6.50. The Kier molecular flexibility index (Phi) is 6.62. The van der Waals surface area contributed by atoms with E-state index in [2.05, 4.69) is 10.6 Å². The quantitative estimate of drug-likeness (QED) is 0.749. The van der Waals surface area contributed by atoms with Gasteiger partial charge in [0, 0.05) is 25.3 Å². The third-order valence-corrected chi connectivity index (χ3v) is 6.91. The van der Waals surface area contributed by atoms with Gasteiger partial charge in [-0.1, -0.05) is 37.0 Å². The van der Waals surface area contributed by atoms with Gasteiger partial charge in [0.2, 0.25) is 15.9 Å². The summed E-state index contributed by atoms with van der Waals surface area (Å²) in [6, 6.07) is 8.08. The third-order valence-electron chi connectivity index (χ3n) is 5.64. The molecule has 2 fully saturated rings. The maximum absolute atomic E-state index is 13.2. The van der Waals surface area contributed by atoms with Crippen LogP contribution < -0.4 is 10.6 Å². The van der Waals surface area contributed by atoms with E-state index in [0.717, 1.165) is 37.8 Å². The Labute approximate surface area is 167 Å². The van der Waals surface area contributed by atoms with E-state index in [-0.39, 0.29) is 18.6 Å². The lowest BCUT2D eigenvalue weighted by Gasteiger charge is -2.38. The zero-order valence-electron chi connectivity index (χ0n) is 16.7. The van der Waals surface area contributed by atoms with Crippen LogP contribution in [0.15, 0.2) is 24.3 Å². The molecular weight excluding hydrogens is 378 g/mol. The van der Waals surface area contributed by atoms with Crippen LogP contribution in [0.3, 0.4) is 0 Å². The van der Waals surface area contributed by atoms with Crippen molar-refractivity contribution in [3.63, 3.8) is 0 Å². The van der Waals surface area contributed by atoms with Gasteiger partial charge in [0.05, 0.1) is 19.0 Å². The molecular formula is C20H31N3O4S. The van der Waals surface area contributed by atoms with Crippen LogP contribution in [-0.4, -0.2) is 62.8 Å². The van der Waals surface area contributed by atoms with Crippen LogP contribution in [0.1, 0.15) is 37.7 Å². The molecule has 0 radical (unpaired) electrons. The molecule has 1 atom stereocenters. The summed E-state index contributed by atoms with van der Waals surface area (Å²) in [4.78, 5) is 13.2. The fourth-order valence-electron chi connectivity index (χ4n) is 3.97. The Hall–Kier alpha value is -1.64. The molecule has 0 spiro atoms. The number of ether oxygens (including phenoxy) is 1. The fraction of sp³-hybridized carbons (Fsp3) is 0.650. The second-order valence-corrected chi connectivity index (χ2v) is 9.94. The maximum Gasteiger partial charge on any atom is 0.245 e. The van der Waals surface area contributed by atoms with Crippen LogP contribution in [-0.2, 0) is 19.6 Å². The van der Waals surface area contributed by atoms with Crippen LogP contribution in [0, 0.1) is 6.92 Å². The minimum Gasteiger partial charge on any atom is -0.374 e. The van der Waals surface area contributed by atoms with Crippen molar-refractivity contribution in [2.45, 2.75) is 50.7 Å². The lowest BCUT2D eigenvalue weighted by Crippen LogP contribution is -2.56. The van der Waals surface area contributed by atoms with Gasteiger partial charge in [-0.3, -0.25) is 4.79 Å². The Morgan fingerprint density at radius 1 is 1.21 bits per heavy atom. The van der Waals surface area contributed by atoms with Crippen molar-refractivity contribution in [2.75, 3.05) is 37.8 Å². The molecule has 1 saturated carbocycles. The Bertz CT molecular complexity index is 773. The number of rotatable bonds is 6. The number of amides is 1. The molecule has 1 aromatic rings. The molecule has 2 aliphatic rings. The van der Waals surface area contributed by atoms with E-state index in [0.29, 0.717) is 19.7 Å². The van der Waals surface area contributed by atoms with Gasteiger partial charge in [0.15, 0.2) is 0 Å². The minimum absolute atomic E-state index is 0.0344. The highest BCUT2D eigenvalue weighted by Crippen LogP contribution is 2.32. The summed E-state index contributed by atoms with van der Waals surface area (Å²) in [5.74, 6) is -0.0344. The first-order valence-corrected chi connectivity index (χ1v) is 11.8. The van der Waals surface area contributed by atoms with Crippen molar-refractivity contribution in [3.8, 4) is 0 Å². The molecule has 8 heteroatoms. The van der Waals surface area contributed by atoms with Crippen molar-refractivity contribution in [2.24, 2.45) is 0 Å². The maximum atomic E-state index is 13.2. The topological polar surface area (TPSA) is 87.7 Å². The standard InChI is InChI=1S/C20H31N3O4S/c1-16-6-8-17(9-7-16)22-20(10-4-3-5-11-20)19(24)21-14-18-15-23(12-13-27-18)28(2,25)26/h6-9,18,22H,3-5,10-15H2,1-2H3,(H,21,24). The van der Waals surface area contributed by atoms with E-state index in [1.54, 1.807) is 0 Å². The van der Waals surface area contributed by atoms with Crippen LogP contribution in [0.4, 0.5) is 5.69 Å². The van der Waals surface area contributed by atoms with Crippen LogP contribution in [0.25, 0.3) is 0 Å². The summed E-state index contributed by atoms with van der Waals surface area (Å²) in [6.07, 6.45) is 5.60. The zero-order valence-corrected chi connectivity index (χ0v) is 17.6. The molecule has 7 nitrogen and oxygen atoms in total. The van der Waals surface area contributed by atoms with E-state index in [1.165, 1.54) is 16.1 Å². The van der Waals surface area contributed by atoms with E-state index >= 15 is 0 Å². The summed E-state index contributed by atoms with van der Waals surface area (Å²) in [5.41, 5.74) is 1.50. The van der Waals surface area contributed by atoms with Gasteiger partial charge >= 0.3 is 0 Å². The number of morpholine rings is 1. The molecule has 156 valence electrons. The fourth-order valence-corrected chi connectivity index (χ4v) is 4.81. The minimum atomic E-state index is -3.25. The first-order chi connectivity index (χ1) is 13.3. The van der Waals surface area contributed by atoms with Gasteiger partial charge in [-0.05, 0) is 31.9 Å². The molecule has 1 aliphatic carbocycles. The third kappa shape index (κ3) is 5.24. The number of benzene rings is 1. The van der Waals surface area contributed by atoms with Crippen LogP contribution in [0.2, 0.25) is 0 Å². The highest BCUT2D eigenvalue weighted by atomic mass is 32.2. The molecule has 1 aromatic carbocycles. The molecule has 0 bridgehead atoms. The first kappa shape index (κ1) is 21.1. The normalized spacial score (nSPS) is 23.1. The van der Waals surface area contributed by atoms with E-state index in [4.69, 9.17) is 4.74 Å². The molecule has 1 aliphatic heterocycles. The molecule has 0 aromatic heterocycles. The summed E-state index contributed by atoms with van der Waals surface area (Å²) in [6.45, 7) is 3.33. The van der Waals surface area contributed by atoms with Gasteiger partial charge in [0.1, 0.15) is 5.54 Å². The second-order valence-electron chi connectivity index (χ2n) is 7.96. The summed E-state index contributed by atoms with van der Waals surface area (Å²) >= 11 is 0. The Balaban J connectivity index is 1.64. The van der Waals surface area contributed by atoms with Crippen molar-refractivity contribution in [1.82, 2.24) is 9.62 Å². The van der Waals surface area contributed by atoms with Crippen LogP contribution >= 0.6 is 0 Å². The number of carbonyl (C=O) groups is 1. The monoisotopic (exact) mass is 409 g/mol. The number of anilines is 1. The number of sulfonamides is 1. The molecule has 2 N–H and O–H groups in total. The van der Waals surface area contributed by atoms with Crippen molar-refractivity contribution < 1.29 is 17.9 Å². The molecule has 1 amide bonds. The highest BCUT2D eigenvalue weighted by Gasteiger charge is 2.40. The number of hydrogen-bond acceptors (Lipinski definition) is 5. The average Bonchev–Trinajstić information content (AvgIpc) is 2.68. The number of carbonyl (C=O) groups excluding carboxylic acids is 1. The molecule has 1 unspecified atom stereocenters. The molecule has 1 heterocycles. The average molecular weight is 410 g/mol.